The van der Waals surface area contributed by atoms with E-state index in [1.165, 1.54) is 0 Å². The second-order valence-electron chi connectivity index (χ2n) is 2.20. The molecular weight excluding hydrogens is 208 g/mol. The number of hydrogen-bond donors (Lipinski definition) is 2. The van der Waals surface area contributed by atoms with Crippen LogP contribution in [-0.2, 0) is 0 Å². The van der Waals surface area contributed by atoms with Crippen LogP contribution in [0.2, 0.25) is 0 Å². The number of nitrogens with two attached hydrogens (primary N) is 1. The molecule has 0 aliphatic heterocycles. The fourth-order valence-corrected chi connectivity index (χ4v) is 1.14. The molecular formula is C7H9BrN2O. The van der Waals surface area contributed by atoms with Crippen LogP contribution in [0.4, 0.5) is 0 Å². The van der Waals surface area contributed by atoms with Crippen LogP contribution in [-0.4, -0.2) is 16.7 Å². The van der Waals surface area contributed by atoms with Crippen molar-refractivity contribution in [3.05, 3.63) is 28.5 Å². The minimum Gasteiger partial charge on any atom is -0.394 e. The van der Waals surface area contributed by atoms with Crippen molar-refractivity contribution >= 4 is 15.9 Å². The first-order valence-electron chi connectivity index (χ1n) is 3.22. The average Bonchev–Trinajstić information content (AvgIpc) is 2.03. The Kier molecular flexibility index (Phi) is 2.99. The van der Waals surface area contributed by atoms with Crippen molar-refractivity contribution in [2.45, 2.75) is 6.04 Å². The van der Waals surface area contributed by atoms with Crippen LogP contribution in [0.3, 0.4) is 0 Å². The van der Waals surface area contributed by atoms with Crippen molar-refractivity contribution in [1.82, 2.24) is 4.98 Å². The van der Waals surface area contributed by atoms with Gasteiger partial charge in [0.1, 0.15) is 4.60 Å². The molecule has 0 fully saturated rings. The van der Waals surface area contributed by atoms with Gasteiger partial charge in [-0.3, -0.25) is 0 Å². The molecule has 1 atom stereocenters. The van der Waals surface area contributed by atoms with E-state index < -0.39 is 0 Å². The Hall–Kier alpha value is -0.450. The summed E-state index contributed by atoms with van der Waals surface area (Å²) in [6.07, 6.45) is 1.65. The van der Waals surface area contributed by atoms with Gasteiger partial charge in [0.15, 0.2) is 0 Å². The van der Waals surface area contributed by atoms with Gasteiger partial charge in [-0.05, 0) is 33.6 Å². The van der Waals surface area contributed by atoms with E-state index >= 15 is 0 Å². The van der Waals surface area contributed by atoms with Gasteiger partial charge in [0.05, 0.1) is 12.6 Å². The van der Waals surface area contributed by atoms with Gasteiger partial charge in [0.25, 0.3) is 0 Å². The van der Waals surface area contributed by atoms with E-state index in [2.05, 4.69) is 20.9 Å². The highest BCUT2D eigenvalue weighted by Crippen LogP contribution is 2.13. The first-order valence-corrected chi connectivity index (χ1v) is 4.01. The van der Waals surface area contributed by atoms with Gasteiger partial charge >= 0.3 is 0 Å². The third-order valence-electron chi connectivity index (χ3n) is 1.38. The average molecular weight is 217 g/mol. The number of aliphatic hydroxyl groups excluding tert-OH is 1. The zero-order chi connectivity index (χ0) is 8.27. The molecule has 0 radical (unpaired) electrons. The molecule has 0 spiro atoms. The molecule has 0 saturated carbocycles. The highest BCUT2D eigenvalue weighted by atomic mass is 79.9. The summed E-state index contributed by atoms with van der Waals surface area (Å²) in [5.74, 6) is 0. The highest BCUT2D eigenvalue weighted by Gasteiger charge is 2.03. The van der Waals surface area contributed by atoms with Crippen LogP contribution >= 0.6 is 15.9 Å². The first-order chi connectivity index (χ1) is 5.24. The topological polar surface area (TPSA) is 59.1 Å². The van der Waals surface area contributed by atoms with Gasteiger partial charge in [-0.15, -0.1) is 0 Å². The van der Waals surface area contributed by atoms with E-state index in [1.54, 1.807) is 18.3 Å². The van der Waals surface area contributed by atoms with Gasteiger partial charge in [0, 0.05) is 6.20 Å². The molecule has 4 heteroatoms. The second kappa shape index (κ2) is 3.80. The zero-order valence-corrected chi connectivity index (χ0v) is 7.45. The van der Waals surface area contributed by atoms with Crippen molar-refractivity contribution in [1.29, 1.82) is 0 Å². The summed E-state index contributed by atoms with van der Waals surface area (Å²) >= 11 is 3.21. The van der Waals surface area contributed by atoms with E-state index in [0.717, 1.165) is 10.2 Å². The van der Waals surface area contributed by atoms with Gasteiger partial charge in [-0.2, -0.15) is 0 Å². The molecule has 0 aromatic carbocycles. The lowest BCUT2D eigenvalue weighted by molar-refractivity contribution is 0.268. The number of aromatic nitrogens is 1. The van der Waals surface area contributed by atoms with E-state index in [1.807, 2.05) is 0 Å². The molecule has 1 unspecified atom stereocenters. The van der Waals surface area contributed by atoms with E-state index in [0.29, 0.717) is 0 Å². The second-order valence-corrected chi connectivity index (χ2v) is 3.01. The molecule has 11 heavy (non-hydrogen) atoms. The standard InChI is InChI=1S/C7H9BrN2O/c8-7-3-5(1-2-10-7)6(9)4-11/h1-3,6,11H,4,9H2. The summed E-state index contributed by atoms with van der Waals surface area (Å²) < 4.78 is 0.735. The molecule has 0 amide bonds. The Balaban J connectivity index is 2.86. The third kappa shape index (κ3) is 2.25. The number of aliphatic hydroxyl groups is 1. The molecule has 60 valence electrons. The third-order valence-corrected chi connectivity index (χ3v) is 1.81. The molecule has 0 bridgehead atoms. The molecule has 3 N–H and O–H groups in total. The molecule has 3 nitrogen and oxygen atoms in total. The van der Waals surface area contributed by atoms with E-state index in [9.17, 15) is 0 Å². The van der Waals surface area contributed by atoms with Gasteiger partial charge in [-0.25, -0.2) is 4.98 Å². The maximum Gasteiger partial charge on any atom is 0.106 e. The monoisotopic (exact) mass is 216 g/mol. The Morgan fingerprint density at radius 2 is 2.45 bits per heavy atom. The normalized spacial score (nSPS) is 13.0. The summed E-state index contributed by atoms with van der Waals surface area (Å²) in [6.45, 7) is -0.0452. The minimum absolute atomic E-state index is 0.0452. The SMILES string of the molecule is NC(CO)c1ccnc(Br)c1. The smallest absolute Gasteiger partial charge is 0.106 e. The molecule has 1 aromatic rings. The zero-order valence-electron chi connectivity index (χ0n) is 5.87. The Morgan fingerprint density at radius 1 is 1.73 bits per heavy atom. The molecule has 0 aliphatic carbocycles. The van der Waals surface area contributed by atoms with Gasteiger partial charge in [0.2, 0.25) is 0 Å². The van der Waals surface area contributed by atoms with Crippen molar-refractivity contribution < 1.29 is 5.11 Å². The van der Waals surface area contributed by atoms with E-state index in [4.69, 9.17) is 10.8 Å². The maximum atomic E-state index is 8.72. The number of rotatable bonds is 2. The molecule has 1 aromatic heterocycles. The van der Waals surface area contributed by atoms with Gasteiger partial charge in [-0.1, -0.05) is 0 Å². The summed E-state index contributed by atoms with van der Waals surface area (Å²) in [6, 6.07) is 3.27. The quantitative estimate of drug-likeness (QED) is 0.721. The van der Waals surface area contributed by atoms with Crippen LogP contribution in [0.15, 0.2) is 22.9 Å². The largest absolute Gasteiger partial charge is 0.394 e. The van der Waals surface area contributed by atoms with Crippen LogP contribution in [0.25, 0.3) is 0 Å². The van der Waals surface area contributed by atoms with Crippen LogP contribution < -0.4 is 5.73 Å². The summed E-state index contributed by atoms with van der Waals surface area (Å²) in [4.78, 5) is 3.94. The lowest BCUT2D eigenvalue weighted by Crippen LogP contribution is -2.14. The fraction of sp³-hybridized carbons (Fsp3) is 0.286. The fourth-order valence-electron chi connectivity index (χ4n) is 0.753. The number of pyridine rings is 1. The number of halogens is 1. The molecule has 1 heterocycles. The van der Waals surface area contributed by atoms with Crippen molar-refractivity contribution in [2.24, 2.45) is 5.73 Å². The molecule has 0 aliphatic rings. The van der Waals surface area contributed by atoms with Crippen LogP contribution in [0.5, 0.6) is 0 Å². The summed E-state index contributed by atoms with van der Waals surface area (Å²) in [5.41, 5.74) is 6.45. The predicted molar refractivity (Wildman–Crippen MR) is 46.0 cm³/mol. The van der Waals surface area contributed by atoms with Crippen molar-refractivity contribution in [3.8, 4) is 0 Å². The van der Waals surface area contributed by atoms with Crippen LogP contribution in [0.1, 0.15) is 11.6 Å². The Bertz CT molecular complexity index is 242. The molecule has 1 rings (SSSR count). The number of hydrogen-bond acceptors (Lipinski definition) is 3. The molecule has 0 saturated heterocycles. The van der Waals surface area contributed by atoms with Crippen molar-refractivity contribution in [3.63, 3.8) is 0 Å². The van der Waals surface area contributed by atoms with Crippen LogP contribution in [0, 0.1) is 0 Å². The lowest BCUT2D eigenvalue weighted by atomic mass is 10.1. The Labute approximate surface area is 73.4 Å². The van der Waals surface area contributed by atoms with Crippen molar-refractivity contribution in [2.75, 3.05) is 6.61 Å². The van der Waals surface area contributed by atoms with Gasteiger partial charge < -0.3 is 10.8 Å². The summed E-state index contributed by atoms with van der Waals surface area (Å²) in [5, 5.41) is 8.72. The van der Waals surface area contributed by atoms with E-state index in [-0.39, 0.29) is 12.6 Å². The first kappa shape index (κ1) is 8.64. The Morgan fingerprint density at radius 3 is 3.00 bits per heavy atom. The summed E-state index contributed by atoms with van der Waals surface area (Å²) in [7, 11) is 0. The predicted octanol–water partition coefficient (Wildman–Crippen LogP) is 0.836. The highest BCUT2D eigenvalue weighted by molar-refractivity contribution is 9.10. The minimum atomic E-state index is -0.311. The number of nitrogens with zero attached hydrogens (tertiary/aromatic N) is 1. The lowest BCUT2D eigenvalue weighted by Gasteiger charge is -2.07. The maximum absolute atomic E-state index is 8.72.